The molecule has 3 aromatic rings. The van der Waals surface area contributed by atoms with Crippen molar-refractivity contribution in [2.75, 3.05) is 5.73 Å². The van der Waals surface area contributed by atoms with Gasteiger partial charge in [-0.25, -0.2) is 13.8 Å². The van der Waals surface area contributed by atoms with Gasteiger partial charge in [0.15, 0.2) is 0 Å². The molecule has 7 heteroatoms. The summed E-state index contributed by atoms with van der Waals surface area (Å²) in [6.07, 6.45) is 3.27. The third-order valence-corrected chi connectivity index (χ3v) is 2.87. The predicted molar refractivity (Wildman–Crippen MR) is 68.5 cm³/mol. The van der Waals surface area contributed by atoms with Crippen LogP contribution in [0.4, 0.5) is 14.7 Å². The maximum absolute atomic E-state index is 13.9. The zero-order valence-electron chi connectivity index (χ0n) is 10.5. The van der Waals surface area contributed by atoms with Gasteiger partial charge in [0.25, 0.3) is 0 Å². The van der Waals surface area contributed by atoms with Crippen molar-refractivity contribution < 1.29 is 13.3 Å². The van der Waals surface area contributed by atoms with Crippen molar-refractivity contribution in [1.29, 1.82) is 0 Å². The smallest absolute Gasteiger partial charge is 0.230 e. The van der Waals surface area contributed by atoms with Crippen LogP contribution in [0.2, 0.25) is 0 Å². The second kappa shape index (κ2) is 4.44. The molecule has 2 heterocycles. The Morgan fingerprint density at radius 3 is 2.75 bits per heavy atom. The van der Waals surface area contributed by atoms with Crippen LogP contribution in [0.15, 0.2) is 35.2 Å². The number of nitrogens with zero attached hydrogens (tertiary/aromatic N) is 3. The van der Waals surface area contributed by atoms with E-state index in [1.165, 1.54) is 6.07 Å². The topological polar surface area (TPSA) is 69.9 Å². The van der Waals surface area contributed by atoms with Crippen LogP contribution >= 0.6 is 0 Å². The van der Waals surface area contributed by atoms with Gasteiger partial charge in [-0.3, -0.25) is 0 Å². The van der Waals surface area contributed by atoms with E-state index in [1.54, 1.807) is 24.1 Å². The van der Waals surface area contributed by atoms with Crippen molar-refractivity contribution in [3.63, 3.8) is 0 Å². The molecule has 5 nitrogen and oxygen atoms in total. The number of nitrogens with two attached hydrogens (primary N) is 1. The first kappa shape index (κ1) is 12.3. The van der Waals surface area contributed by atoms with Gasteiger partial charge in [-0.15, -0.1) is 0 Å². The number of imidazole rings is 1. The Morgan fingerprint density at radius 1 is 1.30 bits per heavy atom. The molecule has 0 saturated heterocycles. The largest absolute Gasteiger partial charge is 0.367 e. The molecule has 2 N–H and O–H groups in total. The summed E-state index contributed by atoms with van der Waals surface area (Å²) in [5, 5.41) is 3.80. The molecule has 0 aliphatic heterocycles. The van der Waals surface area contributed by atoms with E-state index in [9.17, 15) is 8.78 Å². The van der Waals surface area contributed by atoms with E-state index in [0.717, 1.165) is 12.1 Å². The molecule has 1 aromatic carbocycles. The minimum atomic E-state index is -0.739. The van der Waals surface area contributed by atoms with E-state index in [2.05, 4.69) is 10.1 Å². The number of rotatable bonds is 2. The molecule has 0 aliphatic carbocycles. The third kappa shape index (κ3) is 1.93. The van der Waals surface area contributed by atoms with Gasteiger partial charge in [-0.2, -0.15) is 0 Å². The Hall–Kier alpha value is -2.70. The summed E-state index contributed by atoms with van der Waals surface area (Å²) < 4.78 is 33.5. The Bertz CT molecular complexity index is 779. The minimum absolute atomic E-state index is 0.0452. The molecule has 0 unspecified atom stereocenters. The normalized spacial score (nSPS) is 10.9. The maximum atomic E-state index is 13.9. The lowest BCUT2D eigenvalue weighted by Crippen LogP contribution is -1.92. The molecular weight excluding hydrogens is 266 g/mol. The summed E-state index contributed by atoms with van der Waals surface area (Å²) in [6, 6.07) is 3.22. The van der Waals surface area contributed by atoms with E-state index in [0.29, 0.717) is 11.4 Å². The molecule has 102 valence electrons. The van der Waals surface area contributed by atoms with Crippen molar-refractivity contribution in [3.8, 4) is 22.5 Å². The summed E-state index contributed by atoms with van der Waals surface area (Å²) in [4.78, 5) is 4.12. The number of aryl methyl sites for hydroxylation is 1. The number of aromatic nitrogens is 3. The van der Waals surface area contributed by atoms with Gasteiger partial charge >= 0.3 is 0 Å². The monoisotopic (exact) mass is 276 g/mol. The number of hydrogen-bond donors (Lipinski definition) is 1. The number of hydrogen-bond acceptors (Lipinski definition) is 4. The molecule has 0 atom stereocenters. The van der Waals surface area contributed by atoms with Crippen LogP contribution in [0.1, 0.15) is 0 Å². The molecule has 0 amide bonds. The number of nitrogen functional groups attached to an aromatic ring is 1. The fraction of sp³-hybridized carbons (Fsp3) is 0.0769. The molecule has 2 aromatic heterocycles. The molecule has 20 heavy (non-hydrogen) atoms. The Labute approximate surface area is 112 Å². The van der Waals surface area contributed by atoms with Crippen molar-refractivity contribution in [2.24, 2.45) is 7.05 Å². The van der Waals surface area contributed by atoms with Crippen molar-refractivity contribution in [3.05, 3.63) is 42.4 Å². The van der Waals surface area contributed by atoms with Crippen LogP contribution < -0.4 is 5.73 Å². The van der Waals surface area contributed by atoms with Crippen LogP contribution in [0.3, 0.4) is 0 Å². The SMILES string of the molecule is Cn1cnc(-c2noc(N)c2-c2ccc(F)cc2F)c1. The van der Waals surface area contributed by atoms with E-state index in [-0.39, 0.29) is 17.0 Å². The molecule has 0 radical (unpaired) electrons. The van der Waals surface area contributed by atoms with Gasteiger partial charge in [0.2, 0.25) is 5.88 Å². The first-order valence-corrected chi connectivity index (χ1v) is 5.75. The van der Waals surface area contributed by atoms with Gasteiger partial charge in [-0.1, -0.05) is 5.16 Å². The lowest BCUT2D eigenvalue weighted by atomic mass is 10.0. The summed E-state index contributed by atoms with van der Waals surface area (Å²) in [5.41, 5.74) is 6.89. The quantitative estimate of drug-likeness (QED) is 0.781. The van der Waals surface area contributed by atoms with Crippen molar-refractivity contribution in [1.82, 2.24) is 14.7 Å². The molecular formula is C13H10F2N4O. The summed E-state index contributed by atoms with van der Waals surface area (Å²) in [5.74, 6) is -1.45. The number of anilines is 1. The zero-order valence-corrected chi connectivity index (χ0v) is 10.5. The summed E-state index contributed by atoms with van der Waals surface area (Å²) >= 11 is 0. The Morgan fingerprint density at radius 2 is 2.10 bits per heavy atom. The molecule has 3 rings (SSSR count). The van der Waals surface area contributed by atoms with Gasteiger partial charge in [0.1, 0.15) is 23.0 Å². The number of halogens is 2. The second-order valence-electron chi connectivity index (χ2n) is 4.32. The molecule has 0 bridgehead atoms. The maximum Gasteiger partial charge on any atom is 0.230 e. The highest BCUT2D eigenvalue weighted by Crippen LogP contribution is 2.36. The first-order valence-electron chi connectivity index (χ1n) is 5.75. The van der Waals surface area contributed by atoms with Crippen LogP contribution in [-0.4, -0.2) is 14.7 Å². The summed E-state index contributed by atoms with van der Waals surface area (Å²) in [6.45, 7) is 0. The molecule has 0 saturated carbocycles. The highest BCUT2D eigenvalue weighted by Gasteiger charge is 2.21. The van der Waals surface area contributed by atoms with Crippen LogP contribution in [-0.2, 0) is 7.05 Å². The average molecular weight is 276 g/mol. The summed E-state index contributed by atoms with van der Waals surface area (Å²) in [7, 11) is 1.79. The zero-order chi connectivity index (χ0) is 14.3. The van der Waals surface area contributed by atoms with Crippen LogP contribution in [0, 0.1) is 11.6 Å². The van der Waals surface area contributed by atoms with Gasteiger partial charge in [-0.05, 0) is 12.1 Å². The highest BCUT2D eigenvalue weighted by atomic mass is 19.1. The Balaban J connectivity index is 2.21. The van der Waals surface area contributed by atoms with Gasteiger partial charge < -0.3 is 14.8 Å². The van der Waals surface area contributed by atoms with Gasteiger partial charge in [0, 0.05) is 24.9 Å². The van der Waals surface area contributed by atoms with E-state index < -0.39 is 11.6 Å². The van der Waals surface area contributed by atoms with Crippen LogP contribution in [0.5, 0.6) is 0 Å². The van der Waals surface area contributed by atoms with Crippen LogP contribution in [0.25, 0.3) is 22.5 Å². The average Bonchev–Trinajstić information content (AvgIpc) is 2.96. The first-order chi connectivity index (χ1) is 9.56. The Kier molecular flexibility index (Phi) is 2.74. The van der Waals surface area contributed by atoms with Gasteiger partial charge in [0.05, 0.1) is 11.9 Å². The van der Waals surface area contributed by atoms with E-state index in [1.807, 2.05) is 0 Å². The molecule has 0 fully saturated rings. The number of benzene rings is 1. The van der Waals surface area contributed by atoms with Crippen molar-refractivity contribution >= 4 is 5.88 Å². The molecule has 0 spiro atoms. The third-order valence-electron chi connectivity index (χ3n) is 2.87. The predicted octanol–water partition coefficient (Wildman–Crippen LogP) is 2.60. The molecule has 0 aliphatic rings. The lowest BCUT2D eigenvalue weighted by Gasteiger charge is -2.02. The van der Waals surface area contributed by atoms with Crippen molar-refractivity contribution in [2.45, 2.75) is 0 Å². The van der Waals surface area contributed by atoms with E-state index >= 15 is 0 Å². The van der Waals surface area contributed by atoms with E-state index in [4.69, 9.17) is 10.3 Å². The standard InChI is InChI=1S/C13H10F2N4O/c1-19-5-10(17-6-19)12-11(13(16)20-18-12)8-3-2-7(14)4-9(8)15/h2-6H,16H2,1H3. The second-order valence-corrected chi connectivity index (χ2v) is 4.32. The fourth-order valence-electron chi connectivity index (χ4n) is 1.97. The fourth-order valence-corrected chi connectivity index (χ4v) is 1.97. The minimum Gasteiger partial charge on any atom is -0.367 e. The lowest BCUT2D eigenvalue weighted by molar-refractivity contribution is 0.439. The highest BCUT2D eigenvalue weighted by molar-refractivity contribution is 5.85.